The number of anilines is 3. The van der Waals surface area contributed by atoms with Crippen molar-refractivity contribution in [3.05, 3.63) is 70.1 Å². The maximum absolute atomic E-state index is 11.6. The summed E-state index contributed by atoms with van der Waals surface area (Å²) in [6.45, 7) is 4.87. The Balaban J connectivity index is 1.42. The van der Waals surface area contributed by atoms with E-state index >= 15 is 0 Å². The third kappa shape index (κ3) is 3.99. The third-order valence-corrected chi connectivity index (χ3v) is 6.53. The van der Waals surface area contributed by atoms with Gasteiger partial charge in [-0.3, -0.25) is 9.48 Å². The van der Waals surface area contributed by atoms with Crippen LogP contribution in [0.1, 0.15) is 18.2 Å². The minimum Gasteiger partial charge on any atom is -0.377 e. The molecule has 5 heterocycles. The van der Waals surface area contributed by atoms with E-state index in [1.54, 1.807) is 18.2 Å². The Morgan fingerprint density at radius 3 is 2.81 bits per heavy atom. The fraction of sp³-hybridized carbons (Fsp3) is 0.269. The number of hydrogen-bond donors (Lipinski definition) is 2. The van der Waals surface area contributed by atoms with Gasteiger partial charge in [-0.2, -0.15) is 10.4 Å². The van der Waals surface area contributed by atoms with E-state index in [9.17, 15) is 10.1 Å². The van der Waals surface area contributed by atoms with Crippen LogP contribution in [-0.2, 0) is 17.7 Å². The van der Waals surface area contributed by atoms with Gasteiger partial charge in [0.05, 0.1) is 30.6 Å². The van der Waals surface area contributed by atoms with Crippen molar-refractivity contribution in [1.82, 2.24) is 24.7 Å². The largest absolute Gasteiger partial charge is 0.377 e. The van der Waals surface area contributed by atoms with Gasteiger partial charge >= 0.3 is 0 Å². The molecule has 0 saturated carbocycles. The quantitative estimate of drug-likeness (QED) is 0.457. The number of nitrogens with one attached hydrogen (secondary N) is 2. The summed E-state index contributed by atoms with van der Waals surface area (Å²) in [6, 6.07) is 16.9. The molecule has 0 unspecified atom stereocenters. The van der Waals surface area contributed by atoms with Crippen LogP contribution in [0.3, 0.4) is 0 Å². The van der Waals surface area contributed by atoms with Crippen molar-refractivity contribution >= 4 is 17.3 Å². The third-order valence-electron chi connectivity index (χ3n) is 6.53. The Kier molecular flexibility index (Phi) is 5.47. The predicted octanol–water partition coefficient (Wildman–Crippen LogP) is 3.09. The average molecular weight is 481 g/mol. The molecular weight excluding hydrogens is 456 g/mol. The first-order chi connectivity index (χ1) is 17.6. The average Bonchev–Trinajstić information content (AvgIpc) is 3.33. The van der Waals surface area contributed by atoms with E-state index in [0.717, 1.165) is 47.0 Å². The number of H-pyrrole nitrogens is 1. The van der Waals surface area contributed by atoms with Crippen molar-refractivity contribution in [1.29, 1.82) is 5.26 Å². The number of nitriles is 1. The van der Waals surface area contributed by atoms with E-state index in [1.807, 2.05) is 28.9 Å². The van der Waals surface area contributed by atoms with Crippen LogP contribution in [0, 0.1) is 11.3 Å². The number of nitrogens with zero attached hydrogens (tertiary/aromatic N) is 6. The Hall–Kier alpha value is -4.49. The van der Waals surface area contributed by atoms with E-state index in [-0.39, 0.29) is 11.6 Å². The van der Waals surface area contributed by atoms with Gasteiger partial charge in [0.2, 0.25) is 5.56 Å². The van der Waals surface area contributed by atoms with Crippen molar-refractivity contribution in [2.75, 3.05) is 30.0 Å². The first-order valence-corrected chi connectivity index (χ1v) is 11.9. The lowest BCUT2D eigenvalue weighted by atomic mass is 10.0. The number of morpholine rings is 1. The van der Waals surface area contributed by atoms with Crippen LogP contribution >= 0.6 is 0 Å². The van der Waals surface area contributed by atoms with Crippen LogP contribution in [0.4, 0.5) is 17.3 Å². The summed E-state index contributed by atoms with van der Waals surface area (Å²) in [4.78, 5) is 26.7. The zero-order valence-electron chi connectivity index (χ0n) is 19.7. The maximum atomic E-state index is 11.6. The summed E-state index contributed by atoms with van der Waals surface area (Å²) < 4.78 is 7.53. The van der Waals surface area contributed by atoms with Gasteiger partial charge in [-0.1, -0.05) is 6.07 Å². The molecule has 0 spiro atoms. The van der Waals surface area contributed by atoms with E-state index < -0.39 is 0 Å². The molecule has 1 aromatic carbocycles. The van der Waals surface area contributed by atoms with E-state index in [2.05, 4.69) is 33.3 Å². The molecule has 4 aromatic rings. The molecule has 0 amide bonds. The summed E-state index contributed by atoms with van der Waals surface area (Å²) in [5.41, 5.74) is 4.65. The molecule has 180 valence electrons. The van der Waals surface area contributed by atoms with Crippen molar-refractivity contribution in [3.8, 4) is 28.8 Å². The molecule has 0 aliphatic carbocycles. The van der Waals surface area contributed by atoms with Gasteiger partial charge in [0.25, 0.3) is 0 Å². The molecule has 1 fully saturated rings. The van der Waals surface area contributed by atoms with Crippen LogP contribution in [0.25, 0.3) is 22.8 Å². The van der Waals surface area contributed by atoms with Gasteiger partial charge in [-0.25, -0.2) is 9.97 Å². The molecule has 2 N–H and O–H groups in total. The summed E-state index contributed by atoms with van der Waals surface area (Å²) in [5, 5.41) is 17.0. The highest BCUT2D eigenvalue weighted by atomic mass is 16.5. The smallest absolute Gasteiger partial charge is 0.249 e. The molecule has 1 saturated heterocycles. The zero-order valence-corrected chi connectivity index (χ0v) is 19.7. The Bertz CT molecular complexity index is 1530. The highest BCUT2D eigenvalue weighted by Crippen LogP contribution is 2.36. The minimum absolute atomic E-state index is 0.164. The van der Waals surface area contributed by atoms with Gasteiger partial charge < -0.3 is 19.9 Å². The molecule has 2 aliphatic rings. The van der Waals surface area contributed by atoms with Crippen molar-refractivity contribution in [3.63, 3.8) is 0 Å². The summed E-state index contributed by atoms with van der Waals surface area (Å²) in [5.74, 6) is 2.14. The number of rotatable bonds is 4. The molecule has 1 atom stereocenters. The Labute approximate surface area is 207 Å². The normalized spacial score (nSPS) is 16.7. The van der Waals surface area contributed by atoms with Crippen LogP contribution in [0.15, 0.2) is 53.3 Å². The SMILES string of the molecule is C[C@H]1COCCN1c1nc(-c2ccc(Nc3cccc(=O)[nH]3)cc2)nc2c1CCn1nc(C#N)cc1-2. The van der Waals surface area contributed by atoms with Crippen LogP contribution in [0.2, 0.25) is 0 Å². The second kappa shape index (κ2) is 8.94. The number of ether oxygens (including phenoxy) is 1. The molecule has 0 radical (unpaired) electrons. The Morgan fingerprint density at radius 2 is 2.03 bits per heavy atom. The van der Waals surface area contributed by atoms with Gasteiger partial charge in [-0.05, 0) is 43.7 Å². The van der Waals surface area contributed by atoms with E-state index in [1.165, 1.54) is 6.07 Å². The molecule has 6 rings (SSSR count). The minimum atomic E-state index is -0.164. The molecular formula is C26H24N8O2. The molecule has 0 bridgehead atoms. The van der Waals surface area contributed by atoms with Crippen molar-refractivity contribution in [2.45, 2.75) is 25.9 Å². The zero-order chi connectivity index (χ0) is 24.6. The number of aromatic nitrogens is 5. The molecule has 10 heteroatoms. The van der Waals surface area contributed by atoms with Crippen molar-refractivity contribution in [2.24, 2.45) is 0 Å². The molecule has 2 aliphatic heterocycles. The lowest BCUT2D eigenvalue weighted by molar-refractivity contribution is 0.0984. The van der Waals surface area contributed by atoms with Crippen LogP contribution in [-0.4, -0.2) is 50.5 Å². The van der Waals surface area contributed by atoms with E-state index in [4.69, 9.17) is 14.7 Å². The van der Waals surface area contributed by atoms with Crippen LogP contribution < -0.4 is 15.8 Å². The van der Waals surface area contributed by atoms with E-state index in [0.29, 0.717) is 37.1 Å². The van der Waals surface area contributed by atoms with Gasteiger partial charge in [0.1, 0.15) is 17.7 Å². The summed E-state index contributed by atoms with van der Waals surface area (Å²) in [7, 11) is 0. The fourth-order valence-corrected chi connectivity index (χ4v) is 4.75. The lowest BCUT2D eigenvalue weighted by Crippen LogP contribution is -2.45. The number of pyridine rings is 1. The first kappa shape index (κ1) is 22.0. The van der Waals surface area contributed by atoms with Crippen LogP contribution in [0.5, 0.6) is 0 Å². The van der Waals surface area contributed by atoms with Gasteiger partial charge in [-0.15, -0.1) is 0 Å². The monoisotopic (exact) mass is 480 g/mol. The second-order valence-corrected chi connectivity index (χ2v) is 8.95. The lowest BCUT2D eigenvalue weighted by Gasteiger charge is -2.36. The highest BCUT2D eigenvalue weighted by molar-refractivity contribution is 5.74. The van der Waals surface area contributed by atoms with Crippen molar-refractivity contribution < 1.29 is 4.74 Å². The molecule has 3 aromatic heterocycles. The predicted molar refractivity (Wildman–Crippen MR) is 135 cm³/mol. The summed E-state index contributed by atoms with van der Waals surface area (Å²) in [6.07, 6.45) is 0.743. The number of hydrogen-bond acceptors (Lipinski definition) is 8. The number of aromatic amines is 1. The first-order valence-electron chi connectivity index (χ1n) is 11.9. The van der Waals surface area contributed by atoms with Gasteiger partial charge in [0.15, 0.2) is 11.5 Å². The molecule has 36 heavy (non-hydrogen) atoms. The number of aryl methyl sites for hydroxylation is 1. The highest BCUT2D eigenvalue weighted by Gasteiger charge is 2.30. The second-order valence-electron chi connectivity index (χ2n) is 8.95. The summed E-state index contributed by atoms with van der Waals surface area (Å²) >= 11 is 0. The number of fused-ring (bicyclic) bond motifs is 3. The maximum Gasteiger partial charge on any atom is 0.249 e. The van der Waals surface area contributed by atoms with Gasteiger partial charge in [0, 0.05) is 42.0 Å². The standard InChI is InChI=1S/C26H24N8O2/c1-16-15-36-12-11-33(16)26-20-9-10-34-21(13-19(14-27)32-34)24(20)30-25(31-26)17-5-7-18(8-6-17)28-22-3-2-4-23(35)29-22/h2-8,13,16H,9-12,15H2,1H3,(H2,28,29,35)/t16-/m0/s1. The Morgan fingerprint density at radius 1 is 1.17 bits per heavy atom. The fourth-order valence-electron chi connectivity index (χ4n) is 4.75. The molecule has 10 nitrogen and oxygen atoms in total. The topological polar surface area (TPSA) is 125 Å². The number of benzene rings is 1.